The molecule has 0 bridgehead atoms. The van der Waals surface area contributed by atoms with Crippen LogP contribution in [0.3, 0.4) is 0 Å². The topological polar surface area (TPSA) is 237 Å². The lowest BCUT2D eigenvalue weighted by atomic mass is 10.0. The Bertz CT molecular complexity index is 1790. The Labute approximate surface area is 575 Å². The summed E-state index contributed by atoms with van der Waals surface area (Å²) in [6.07, 6.45) is 60.0. The van der Waals surface area contributed by atoms with Crippen LogP contribution in [-0.4, -0.2) is 96.7 Å². The summed E-state index contributed by atoms with van der Waals surface area (Å²) in [6.45, 7) is 4.92. The molecule has 0 fully saturated rings. The van der Waals surface area contributed by atoms with E-state index in [9.17, 15) is 43.2 Å². The minimum absolute atomic E-state index is 0.105. The fraction of sp³-hybridized carbons (Fsp3) is 0.947. The Hall–Kier alpha value is -1.94. The number of carbonyl (C=O) groups excluding carboxylic acids is 4. The minimum Gasteiger partial charge on any atom is -0.462 e. The summed E-state index contributed by atoms with van der Waals surface area (Å²) < 4.78 is 68.3. The lowest BCUT2D eigenvalue weighted by molar-refractivity contribution is -0.161. The van der Waals surface area contributed by atoms with E-state index in [1.54, 1.807) is 0 Å². The maximum Gasteiger partial charge on any atom is 0.472 e. The molecule has 0 saturated carbocycles. The second kappa shape index (κ2) is 69.5. The van der Waals surface area contributed by atoms with Crippen molar-refractivity contribution in [2.45, 2.75) is 418 Å². The molecule has 558 valence electrons. The second-order valence-electron chi connectivity index (χ2n) is 27.0. The van der Waals surface area contributed by atoms with Gasteiger partial charge in [-0.25, -0.2) is 9.13 Å². The largest absolute Gasteiger partial charge is 0.472 e. The van der Waals surface area contributed by atoms with Crippen LogP contribution >= 0.6 is 15.6 Å². The van der Waals surface area contributed by atoms with E-state index in [1.165, 1.54) is 218 Å². The van der Waals surface area contributed by atoms with Crippen LogP contribution in [0, 0.1) is 0 Å². The summed E-state index contributed by atoms with van der Waals surface area (Å²) in [4.78, 5) is 72.5. The molecule has 0 aliphatic heterocycles. The van der Waals surface area contributed by atoms with Gasteiger partial charge in [-0.2, -0.15) is 0 Å². The third kappa shape index (κ3) is 68.6. The molecule has 17 nitrogen and oxygen atoms in total. The number of rotatable bonds is 76. The van der Waals surface area contributed by atoms with Crippen molar-refractivity contribution >= 4 is 39.5 Å². The van der Waals surface area contributed by atoms with Gasteiger partial charge >= 0.3 is 39.5 Å². The Morgan fingerprint density at radius 2 is 0.426 bits per heavy atom. The first-order valence-corrected chi connectivity index (χ1v) is 42.3. The average molecular weight is 1380 g/mol. The van der Waals surface area contributed by atoms with Crippen LogP contribution in [0.5, 0.6) is 0 Å². The number of unbranched alkanes of at least 4 members (excludes halogenated alkanes) is 50. The van der Waals surface area contributed by atoms with E-state index in [0.717, 1.165) is 103 Å². The van der Waals surface area contributed by atoms with Crippen LogP contribution in [0.1, 0.15) is 400 Å². The maximum absolute atomic E-state index is 13.1. The van der Waals surface area contributed by atoms with E-state index in [2.05, 4.69) is 27.7 Å². The fourth-order valence-corrected chi connectivity index (χ4v) is 13.2. The first-order valence-electron chi connectivity index (χ1n) is 39.3. The molecule has 2 unspecified atom stereocenters. The normalized spacial score (nSPS) is 13.9. The third-order valence-corrected chi connectivity index (χ3v) is 19.5. The van der Waals surface area contributed by atoms with Crippen LogP contribution in [0.2, 0.25) is 0 Å². The van der Waals surface area contributed by atoms with Crippen molar-refractivity contribution < 1.29 is 80.2 Å². The highest BCUT2D eigenvalue weighted by atomic mass is 31.2. The fourth-order valence-electron chi connectivity index (χ4n) is 11.6. The molecule has 0 aromatic heterocycles. The number of ether oxygens (including phenoxy) is 4. The molecule has 0 aromatic carbocycles. The van der Waals surface area contributed by atoms with Crippen molar-refractivity contribution in [3.63, 3.8) is 0 Å². The lowest BCUT2D eigenvalue weighted by Crippen LogP contribution is -2.30. The van der Waals surface area contributed by atoms with Gasteiger partial charge in [0.2, 0.25) is 0 Å². The van der Waals surface area contributed by atoms with Gasteiger partial charge in [-0.05, 0) is 25.7 Å². The van der Waals surface area contributed by atoms with E-state index in [1.807, 2.05) is 0 Å². The maximum atomic E-state index is 13.1. The van der Waals surface area contributed by atoms with Crippen LogP contribution in [0.25, 0.3) is 0 Å². The van der Waals surface area contributed by atoms with Gasteiger partial charge < -0.3 is 33.8 Å². The van der Waals surface area contributed by atoms with E-state index in [0.29, 0.717) is 25.7 Å². The van der Waals surface area contributed by atoms with Gasteiger partial charge in [0.05, 0.1) is 26.4 Å². The minimum atomic E-state index is -4.95. The van der Waals surface area contributed by atoms with Gasteiger partial charge in [0, 0.05) is 25.7 Å². The molecule has 0 rings (SSSR count). The van der Waals surface area contributed by atoms with Crippen molar-refractivity contribution in [1.29, 1.82) is 0 Å². The summed E-state index contributed by atoms with van der Waals surface area (Å²) in [7, 11) is -9.90. The molecule has 19 heteroatoms. The number of phosphoric ester groups is 2. The zero-order chi connectivity index (χ0) is 69.0. The van der Waals surface area contributed by atoms with E-state index < -0.39 is 97.5 Å². The van der Waals surface area contributed by atoms with Crippen LogP contribution in [-0.2, 0) is 65.4 Å². The zero-order valence-corrected chi connectivity index (χ0v) is 62.7. The molecule has 5 atom stereocenters. The molecular formula is C75H146O17P2. The molecule has 0 heterocycles. The molecule has 0 radical (unpaired) electrons. The number of hydrogen-bond acceptors (Lipinski definition) is 15. The Balaban J connectivity index is 5.14. The van der Waals surface area contributed by atoms with Crippen molar-refractivity contribution in [1.82, 2.24) is 0 Å². The standard InChI is InChI=1S/C75H146O17P2/c1-5-9-13-17-21-25-27-29-31-33-35-36-38-40-42-44-46-50-54-58-62-75(80)92-71(66-86-73(78)60-56-52-49-45-43-41-39-37-34-32-30-28-26-22-18-14-10-6-2)68-90-94(83,84)88-64-69(76)63-87-93(81,82)89-67-70(91-74(79)61-57-53-48-24-20-16-12-8-4)65-85-72(77)59-55-51-47-23-19-15-11-7-3/h69-71,76H,5-68H2,1-4H3,(H,81,82)(H,83,84)/t69-,70+,71+/m0/s1. The molecule has 0 spiro atoms. The third-order valence-electron chi connectivity index (χ3n) is 17.6. The predicted molar refractivity (Wildman–Crippen MR) is 382 cm³/mol. The molecule has 0 saturated heterocycles. The summed E-state index contributed by atoms with van der Waals surface area (Å²) in [5.41, 5.74) is 0. The molecule has 0 aromatic rings. The first kappa shape index (κ1) is 92.1. The SMILES string of the molecule is CCCCCCCCCCCCCCCCCCCCCCC(=O)O[C@H](COC(=O)CCCCCCCCCCCCCCCCCCCC)COP(=O)(O)OC[C@@H](O)COP(=O)(O)OC[C@@H](COC(=O)CCCCCCCCCC)OC(=O)CCCCCCCCCC. The molecule has 3 N–H and O–H groups in total. The predicted octanol–water partition coefficient (Wildman–Crippen LogP) is 22.2. The van der Waals surface area contributed by atoms with E-state index in [4.69, 9.17) is 37.0 Å². The molecule has 0 aliphatic rings. The number of hydrogen-bond donors (Lipinski definition) is 3. The van der Waals surface area contributed by atoms with Crippen molar-refractivity contribution in [3.8, 4) is 0 Å². The highest BCUT2D eigenvalue weighted by Crippen LogP contribution is 2.45. The molecule has 0 amide bonds. The number of aliphatic hydroxyl groups is 1. The van der Waals surface area contributed by atoms with Crippen LogP contribution in [0.4, 0.5) is 0 Å². The number of aliphatic hydroxyl groups excluding tert-OH is 1. The zero-order valence-electron chi connectivity index (χ0n) is 60.9. The van der Waals surface area contributed by atoms with Crippen molar-refractivity contribution in [2.24, 2.45) is 0 Å². The van der Waals surface area contributed by atoms with Gasteiger partial charge in [-0.15, -0.1) is 0 Å². The number of carbonyl (C=O) groups is 4. The van der Waals surface area contributed by atoms with E-state index in [-0.39, 0.29) is 25.7 Å². The highest BCUT2D eigenvalue weighted by Gasteiger charge is 2.30. The number of esters is 4. The average Bonchev–Trinajstić information content (AvgIpc) is 2.45. The van der Waals surface area contributed by atoms with Gasteiger partial charge in [0.15, 0.2) is 12.2 Å². The highest BCUT2D eigenvalue weighted by molar-refractivity contribution is 7.47. The van der Waals surface area contributed by atoms with Crippen LogP contribution in [0.15, 0.2) is 0 Å². The summed E-state index contributed by atoms with van der Waals surface area (Å²) in [5.74, 6) is -2.12. The summed E-state index contributed by atoms with van der Waals surface area (Å²) in [5, 5.41) is 10.6. The second-order valence-corrected chi connectivity index (χ2v) is 29.9. The van der Waals surface area contributed by atoms with Gasteiger partial charge in [0.1, 0.15) is 19.3 Å². The first-order chi connectivity index (χ1) is 45.7. The van der Waals surface area contributed by atoms with E-state index >= 15 is 0 Å². The van der Waals surface area contributed by atoms with Crippen LogP contribution < -0.4 is 0 Å². The number of phosphoric acid groups is 2. The quantitative estimate of drug-likeness (QED) is 0.0222. The Morgan fingerprint density at radius 3 is 0.628 bits per heavy atom. The summed E-state index contributed by atoms with van der Waals surface area (Å²) >= 11 is 0. The lowest BCUT2D eigenvalue weighted by Gasteiger charge is -2.21. The summed E-state index contributed by atoms with van der Waals surface area (Å²) in [6, 6.07) is 0. The molecular weight excluding hydrogens is 1230 g/mol. The monoisotopic (exact) mass is 1380 g/mol. The van der Waals surface area contributed by atoms with Gasteiger partial charge in [-0.3, -0.25) is 37.3 Å². The van der Waals surface area contributed by atoms with Crippen molar-refractivity contribution in [2.75, 3.05) is 39.6 Å². The smallest absolute Gasteiger partial charge is 0.462 e. The van der Waals surface area contributed by atoms with Crippen molar-refractivity contribution in [3.05, 3.63) is 0 Å². The Morgan fingerprint density at radius 1 is 0.255 bits per heavy atom. The molecule has 0 aliphatic carbocycles. The molecule has 94 heavy (non-hydrogen) atoms. The van der Waals surface area contributed by atoms with Gasteiger partial charge in [-0.1, -0.05) is 349 Å². The Kier molecular flexibility index (Phi) is 68.1. The van der Waals surface area contributed by atoms with Gasteiger partial charge in [0.25, 0.3) is 0 Å².